The molecular weight excluding hydrogens is 164 g/mol. The Morgan fingerprint density at radius 3 is 2.64 bits per heavy atom. The molecule has 0 heterocycles. The molecule has 0 saturated carbocycles. The van der Waals surface area contributed by atoms with Gasteiger partial charge in [-0.15, -0.1) is 11.6 Å². The molecule has 0 aliphatic carbocycles. The van der Waals surface area contributed by atoms with Crippen molar-refractivity contribution in [3.8, 4) is 6.07 Å². The summed E-state index contributed by atoms with van der Waals surface area (Å²) in [5.41, 5.74) is -0.585. The number of carbonyl (C=O) groups is 1. The lowest BCUT2D eigenvalue weighted by Gasteiger charge is -2.18. The van der Waals surface area contributed by atoms with Crippen LogP contribution in [0.4, 0.5) is 0 Å². The smallest absolute Gasteiger partial charge is 0.227 e. The minimum Gasteiger partial charge on any atom is -0.342 e. The minimum atomic E-state index is -0.585. The highest BCUT2D eigenvalue weighted by Gasteiger charge is 2.25. The third-order valence-corrected chi connectivity index (χ3v) is 1.94. The summed E-state index contributed by atoms with van der Waals surface area (Å²) in [5.74, 6) is 0.0682. The Hall–Kier alpha value is -0.750. The standard InChI is InChI=1S/C7H11ClN2O/c1-7(2,5-8)6(11)10-4-3-9/h4-5H2,1-2H3,(H,10,11). The van der Waals surface area contributed by atoms with E-state index in [1.807, 2.05) is 6.07 Å². The van der Waals surface area contributed by atoms with Crippen LogP contribution in [0.1, 0.15) is 13.8 Å². The van der Waals surface area contributed by atoms with Crippen molar-refractivity contribution in [2.24, 2.45) is 5.41 Å². The van der Waals surface area contributed by atoms with Gasteiger partial charge in [0.05, 0.1) is 11.5 Å². The Kier molecular flexibility index (Phi) is 3.91. The molecule has 0 aromatic rings. The summed E-state index contributed by atoms with van der Waals surface area (Å²) in [4.78, 5) is 11.1. The normalized spacial score (nSPS) is 10.4. The fourth-order valence-corrected chi connectivity index (χ4v) is 0.541. The first-order valence-electron chi connectivity index (χ1n) is 3.26. The molecule has 4 heteroatoms. The van der Waals surface area contributed by atoms with Gasteiger partial charge in [0.1, 0.15) is 6.54 Å². The maximum absolute atomic E-state index is 11.1. The van der Waals surface area contributed by atoms with Crippen LogP contribution < -0.4 is 5.32 Å². The largest absolute Gasteiger partial charge is 0.342 e. The second kappa shape index (κ2) is 4.20. The molecule has 1 amide bonds. The molecule has 0 bridgehead atoms. The summed E-state index contributed by atoms with van der Waals surface area (Å²) in [5, 5.41) is 10.6. The van der Waals surface area contributed by atoms with Gasteiger partial charge < -0.3 is 5.32 Å². The zero-order chi connectivity index (χ0) is 8.91. The molecule has 0 aliphatic heterocycles. The minimum absolute atomic E-state index is 0.0408. The molecule has 0 aliphatic rings. The van der Waals surface area contributed by atoms with Crippen LogP contribution in [0.3, 0.4) is 0 Å². The Labute approximate surface area is 71.3 Å². The highest BCUT2D eigenvalue weighted by Crippen LogP contribution is 2.16. The van der Waals surface area contributed by atoms with Gasteiger partial charge in [-0.3, -0.25) is 4.79 Å². The molecule has 1 N–H and O–H groups in total. The van der Waals surface area contributed by atoms with Crippen molar-refractivity contribution in [2.45, 2.75) is 13.8 Å². The predicted octanol–water partition coefficient (Wildman–Crippen LogP) is 0.891. The van der Waals surface area contributed by atoms with E-state index in [-0.39, 0.29) is 18.3 Å². The molecule has 0 radical (unpaired) electrons. The second-order valence-corrected chi connectivity index (χ2v) is 3.13. The summed E-state index contributed by atoms with van der Waals surface area (Å²) in [7, 11) is 0. The highest BCUT2D eigenvalue weighted by atomic mass is 35.5. The van der Waals surface area contributed by atoms with Crippen LogP contribution >= 0.6 is 11.6 Å². The molecule has 0 aromatic carbocycles. The van der Waals surface area contributed by atoms with Gasteiger partial charge in [0, 0.05) is 5.88 Å². The highest BCUT2D eigenvalue weighted by molar-refractivity contribution is 6.19. The van der Waals surface area contributed by atoms with Gasteiger partial charge in [-0.2, -0.15) is 5.26 Å². The van der Waals surface area contributed by atoms with Crippen molar-refractivity contribution in [3.63, 3.8) is 0 Å². The van der Waals surface area contributed by atoms with E-state index in [1.165, 1.54) is 0 Å². The average molecular weight is 175 g/mol. The second-order valence-electron chi connectivity index (χ2n) is 2.86. The third-order valence-electron chi connectivity index (χ3n) is 1.28. The lowest BCUT2D eigenvalue weighted by atomic mass is 9.95. The predicted molar refractivity (Wildman–Crippen MR) is 43.1 cm³/mol. The van der Waals surface area contributed by atoms with Gasteiger partial charge in [0.2, 0.25) is 5.91 Å². The van der Waals surface area contributed by atoms with Crippen LogP contribution in [-0.2, 0) is 4.79 Å². The van der Waals surface area contributed by atoms with E-state index in [0.29, 0.717) is 0 Å². The van der Waals surface area contributed by atoms with Gasteiger partial charge in [-0.25, -0.2) is 0 Å². The summed E-state index contributed by atoms with van der Waals surface area (Å²) in [6, 6.07) is 1.82. The number of hydrogen-bond acceptors (Lipinski definition) is 2. The van der Waals surface area contributed by atoms with E-state index in [9.17, 15) is 4.79 Å². The van der Waals surface area contributed by atoms with Crippen LogP contribution in [0.15, 0.2) is 0 Å². The van der Waals surface area contributed by atoms with Crippen LogP contribution in [0.25, 0.3) is 0 Å². The van der Waals surface area contributed by atoms with Crippen molar-refractivity contribution in [1.82, 2.24) is 5.32 Å². The number of nitrogens with one attached hydrogen (secondary N) is 1. The molecule has 0 aromatic heterocycles. The van der Waals surface area contributed by atoms with Gasteiger partial charge in [0.15, 0.2) is 0 Å². The third kappa shape index (κ3) is 3.24. The van der Waals surface area contributed by atoms with Crippen LogP contribution in [0, 0.1) is 16.7 Å². The lowest BCUT2D eigenvalue weighted by molar-refractivity contribution is -0.128. The van der Waals surface area contributed by atoms with Gasteiger partial charge in [-0.1, -0.05) is 0 Å². The van der Waals surface area contributed by atoms with Crippen molar-refractivity contribution < 1.29 is 4.79 Å². The quantitative estimate of drug-likeness (QED) is 0.511. The summed E-state index contributed by atoms with van der Waals surface area (Å²) in [6.45, 7) is 3.50. The van der Waals surface area contributed by atoms with E-state index in [4.69, 9.17) is 16.9 Å². The monoisotopic (exact) mass is 174 g/mol. The van der Waals surface area contributed by atoms with Crippen molar-refractivity contribution in [1.29, 1.82) is 5.26 Å². The van der Waals surface area contributed by atoms with Crippen LogP contribution in [0.2, 0.25) is 0 Å². The molecule has 3 nitrogen and oxygen atoms in total. The average Bonchev–Trinajstić information content (AvgIpc) is 2.00. The molecule has 0 rings (SSSR count). The fraction of sp³-hybridized carbons (Fsp3) is 0.714. The van der Waals surface area contributed by atoms with Crippen LogP contribution in [-0.4, -0.2) is 18.3 Å². The fourth-order valence-electron chi connectivity index (χ4n) is 0.420. The van der Waals surface area contributed by atoms with Gasteiger partial charge in [-0.05, 0) is 13.8 Å². The van der Waals surface area contributed by atoms with Crippen molar-refractivity contribution in [3.05, 3.63) is 0 Å². The molecule has 62 valence electrons. The Morgan fingerprint density at radius 1 is 1.73 bits per heavy atom. The van der Waals surface area contributed by atoms with Crippen LogP contribution in [0.5, 0.6) is 0 Å². The van der Waals surface area contributed by atoms with Crippen molar-refractivity contribution in [2.75, 3.05) is 12.4 Å². The molecule has 11 heavy (non-hydrogen) atoms. The van der Waals surface area contributed by atoms with Crippen molar-refractivity contribution >= 4 is 17.5 Å². The Balaban J connectivity index is 3.94. The molecule has 0 unspecified atom stereocenters. The lowest BCUT2D eigenvalue weighted by Crippen LogP contribution is -2.38. The number of nitrogens with zero attached hydrogens (tertiary/aromatic N) is 1. The summed E-state index contributed by atoms with van der Waals surface area (Å²) in [6.07, 6.45) is 0. The number of alkyl halides is 1. The van der Waals surface area contributed by atoms with E-state index < -0.39 is 5.41 Å². The van der Waals surface area contributed by atoms with Gasteiger partial charge >= 0.3 is 0 Å². The number of rotatable bonds is 3. The van der Waals surface area contributed by atoms with E-state index in [2.05, 4.69) is 5.32 Å². The summed E-state index contributed by atoms with van der Waals surface area (Å²) >= 11 is 5.52. The number of nitriles is 1. The topological polar surface area (TPSA) is 52.9 Å². The summed E-state index contributed by atoms with van der Waals surface area (Å²) < 4.78 is 0. The van der Waals surface area contributed by atoms with Gasteiger partial charge in [0.25, 0.3) is 0 Å². The first-order chi connectivity index (χ1) is 5.04. The maximum Gasteiger partial charge on any atom is 0.227 e. The molecule has 0 fully saturated rings. The number of amides is 1. The zero-order valence-electron chi connectivity index (χ0n) is 6.65. The number of carbonyl (C=O) groups excluding carboxylic acids is 1. The maximum atomic E-state index is 11.1. The first kappa shape index (κ1) is 10.2. The molecular formula is C7H11ClN2O. The molecule has 0 spiro atoms. The zero-order valence-corrected chi connectivity index (χ0v) is 7.40. The van der Waals surface area contributed by atoms with E-state index in [0.717, 1.165) is 0 Å². The SMILES string of the molecule is CC(C)(CCl)C(=O)NCC#N. The number of halogens is 1. The Morgan fingerprint density at radius 2 is 2.27 bits per heavy atom. The molecule has 0 atom stereocenters. The van der Waals surface area contributed by atoms with E-state index >= 15 is 0 Å². The molecule has 0 saturated heterocycles. The Bertz CT molecular complexity index is 183. The number of hydrogen-bond donors (Lipinski definition) is 1. The van der Waals surface area contributed by atoms with E-state index in [1.54, 1.807) is 13.8 Å². The first-order valence-corrected chi connectivity index (χ1v) is 3.79.